The highest BCUT2D eigenvalue weighted by Crippen LogP contribution is 2.16. The Kier molecular flexibility index (Phi) is 5.07. The molecule has 1 amide bonds. The summed E-state index contributed by atoms with van der Waals surface area (Å²) in [6.45, 7) is 2.75. The number of rotatable bonds is 4. The minimum Gasteiger partial charge on any atom is -0.326 e. The van der Waals surface area contributed by atoms with Gasteiger partial charge in [-0.3, -0.25) is 9.48 Å². The van der Waals surface area contributed by atoms with Crippen LogP contribution >= 0.6 is 0 Å². The maximum atomic E-state index is 12.0. The van der Waals surface area contributed by atoms with Crippen LogP contribution in [0, 0.1) is 18.8 Å². The fourth-order valence-corrected chi connectivity index (χ4v) is 1.76. The maximum absolute atomic E-state index is 12.0. The van der Waals surface area contributed by atoms with Crippen LogP contribution in [0.1, 0.15) is 17.5 Å². The molecular formula is C15H17N5O. The van der Waals surface area contributed by atoms with E-state index in [1.165, 1.54) is 6.33 Å². The van der Waals surface area contributed by atoms with Crippen molar-refractivity contribution in [1.82, 2.24) is 14.8 Å². The summed E-state index contributed by atoms with van der Waals surface area (Å²) in [5, 5.41) is 6.85. The number of hydrogen-bond donors (Lipinski definition) is 2. The topological polar surface area (TPSA) is 85.8 Å². The molecule has 3 N–H and O–H groups in total. The first-order chi connectivity index (χ1) is 10.2. The normalized spacial score (nSPS) is 9.81. The third kappa shape index (κ3) is 4.44. The number of nitrogens with one attached hydrogen (secondary N) is 1. The Morgan fingerprint density at radius 3 is 3.05 bits per heavy atom. The van der Waals surface area contributed by atoms with E-state index in [2.05, 4.69) is 27.2 Å². The van der Waals surface area contributed by atoms with Gasteiger partial charge in [0.05, 0.1) is 13.1 Å². The Morgan fingerprint density at radius 1 is 1.48 bits per heavy atom. The minimum absolute atomic E-state index is 0.0717. The van der Waals surface area contributed by atoms with E-state index in [1.54, 1.807) is 11.0 Å². The van der Waals surface area contributed by atoms with Gasteiger partial charge in [-0.15, -0.1) is 0 Å². The number of amides is 1. The predicted octanol–water partition coefficient (Wildman–Crippen LogP) is 0.926. The smallest absolute Gasteiger partial charge is 0.226 e. The molecule has 0 fully saturated rings. The molecule has 108 valence electrons. The molecule has 6 nitrogen and oxygen atoms in total. The van der Waals surface area contributed by atoms with Crippen molar-refractivity contribution >= 4 is 11.6 Å². The molecule has 0 spiro atoms. The summed E-state index contributed by atoms with van der Waals surface area (Å²) in [6.07, 6.45) is 3.37. The van der Waals surface area contributed by atoms with E-state index in [0.29, 0.717) is 19.5 Å². The lowest BCUT2D eigenvalue weighted by molar-refractivity contribution is -0.116. The van der Waals surface area contributed by atoms with Gasteiger partial charge in [-0.1, -0.05) is 17.9 Å². The highest BCUT2D eigenvalue weighted by Gasteiger charge is 2.06. The van der Waals surface area contributed by atoms with Crippen LogP contribution in [0.3, 0.4) is 0 Å². The Labute approximate surface area is 123 Å². The average molecular weight is 283 g/mol. The molecule has 21 heavy (non-hydrogen) atoms. The van der Waals surface area contributed by atoms with Crippen molar-refractivity contribution in [3.8, 4) is 11.8 Å². The van der Waals surface area contributed by atoms with Gasteiger partial charge in [0, 0.05) is 17.7 Å². The fourth-order valence-electron chi connectivity index (χ4n) is 1.76. The summed E-state index contributed by atoms with van der Waals surface area (Å²) in [5.74, 6) is 5.67. The van der Waals surface area contributed by atoms with E-state index in [-0.39, 0.29) is 5.91 Å². The highest BCUT2D eigenvalue weighted by atomic mass is 16.1. The van der Waals surface area contributed by atoms with Gasteiger partial charge in [-0.25, -0.2) is 4.98 Å². The molecule has 2 rings (SSSR count). The fraction of sp³-hybridized carbons (Fsp3) is 0.267. The maximum Gasteiger partial charge on any atom is 0.226 e. The second-order valence-corrected chi connectivity index (χ2v) is 4.49. The first-order valence-electron chi connectivity index (χ1n) is 6.61. The van der Waals surface area contributed by atoms with Crippen molar-refractivity contribution in [3.05, 3.63) is 42.0 Å². The molecule has 0 unspecified atom stereocenters. The summed E-state index contributed by atoms with van der Waals surface area (Å²) >= 11 is 0. The van der Waals surface area contributed by atoms with Crippen LogP contribution in [0.4, 0.5) is 5.69 Å². The van der Waals surface area contributed by atoms with Crippen molar-refractivity contribution in [2.45, 2.75) is 19.9 Å². The van der Waals surface area contributed by atoms with Crippen LogP contribution in [0.5, 0.6) is 0 Å². The molecule has 0 saturated carbocycles. The first-order valence-corrected chi connectivity index (χ1v) is 6.61. The van der Waals surface area contributed by atoms with Gasteiger partial charge in [0.25, 0.3) is 0 Å². The van der Waals surface area contributed by atoms with Crippen LogP contribution < -0.4 is 11.1 Å². The van der Waals surface area contributed by atoms with Crippen molar-refractivity contribution in [1.29, 1.82) is 0 Å². The first kappa shape index (κ1) is 14.8. The molecule has 1 heterocycles. The zero-order valence-corrected chi connectivity index (χ0v) is 11.8. The molecule has 0 aliphatic carbocycles. The van der Waals surface area contributed by atoms with Gasteiger partial charge >= 0.3 is 0 Å². The largest absolute Gasteiger partial charge is 0.326 e. The highest BCUT2D eigenvalue weighted by molar-refractivity contribution is 5.91. The second kappa shape index (κ2) is 7.22. The van der Waals surface area contributed by atoms with Gasteiger partial charge in [-0.05, 0) is 24.6 Å². The number of aromatic nitrogens is 3. The molecule has 0 radical (unpaired) electrons. The number of carbonyl (C=O) groups is 1. The Morgan fingerprint density at radius 2 is 2.33 bits per heavy atom. The molecule has 0 aliphatic rings. The molecule has 0 saturated heterocycles. The van der Waals surface area contributed by atoms with Crippen LogP contribution in [-0.4, -0.2) is 27.2 Å². The van der Waals surface area contributed by atoms with Gasteiger partial charge in [0.1, 0.15) is 12.7 Å². The van der Waals surface area contributed by atoms with E-state index in [4.69, 9.17) is 5.73 Å². The monoisotopic (exact) mass is 283 g/mol. The SMILES string of the molecule is Cc1ccc(C#CCN)cc1NC(=O)CCn1cncn1. The average Bonchev–Trinajstić information content (AvgIpc) is 2.99. The molecule has 1 aromatic carbocycles. The van der Waals surface area contributed by atoms with Crippen molar-refractivity contribution in [2.24, 2.45) is 5.73 Å². The van der Waals surface area contributed by atoms with Crippen molar-refractivity contribution in [3.63, 3.8) is 0 Å². The Bertz CT molecular complexity index is 667. The zero-order valence-electron chi connectivity index (χ0n) is 11.8. The van der Waals surface area contributed by atoms with E-state index >= 15 is 0 Å². The summed E-state index contributed by atoms with van der Waals surface area (Å²) in [7, 11) is 0. The predicted molar refractivity (Wildman–Crippen MR) is 80.4 cm³/mol. The number of aryl methyl sites for hydroxylation is 2. The Balaban J connectivity index is 1.99. The summed E-state index contributed by atoms with van der Waals surface area (Å²) in [4.78, 5) is 15.8. The summed E-state index contributed by atoms with van der Waals surface area (Å²) in [5.41, 5.74) is 7.94. The van der Waals surface area contributed by atoms with Gasteiger partial charge in [0.15, 0.2) is 0 Å². The lowest BCUT2D eigenvalue weighted by atomic mass is 10.1. The van der Waals surface area contributed by atoms with E-state index in [0.717, 1.165) is 16.8 Å². The van der Waals surface area contributed by atoms with Crippen molar-refractivity contribution < 1.29 is 4.79 Å². The lowest BCUT2D eigenvalue weighted by Crippen LogP contribution is -2.15. The van der Waals surface area contributed by atoms with E-state index in [1.807, 2.05) is 25.1 Å². The third-order valence-corrected chi connectivity index (χ3v) is 2.88. The molecule has 0 atom stereocenters. The molecule has 0 bridgehead atoms. The van der Waals surface area contributed by atoms with Crippen LogP contribution in [0.25, 0.3) is 0 Å². The number of anilines is 1. The van der Waals surface area contributed by atoms with Crippen LogP contribution in [-0.2, 0) is 11.3 Å². The van der Waals surface area contributed by atoms with E-state index < -0.39 is 0 Å². The van der Waals surface area contributed by atoms with Crippen molar-refractivity contribution in [2.75, 3.05) is 11.9 Å². The molecule has 0 aliphatic heterocycles. The van der Waals surface area contributed by atoms with Crippen LogP contribution in [0.15, 0.2) is 30.9 Å². The number of carbonyl (C=O) groups excluding carboxylic acids is 1. The zero-order chi connectivity index (χ0) is 15.1. The standard InChI is InChI=1S/C15H17N5O/c1-12-4-5-13(3-2-7-16)9-14(12)19-15(21)6-8-20-11-17-10-18-20/h4-5,9-11H,6-8,16H2,1H3,(H,19,21). The quantitative estimate of drug-likeness (QED) is 0.817. The third-order valence-electron chi connectivity index (χ3n) is 2.88. The molecular weight excluding hydrogens is 266 g/mol. The molecule has 1 aromatic heterocycles. The second-order valence-electron chi connectivity index (χ2n) is 4.49. The Hall–Kier alpha value is -2.65. The molecule has 6 heteroatoms. The number of nitrogens with zero attached hydrogens (tertiary/aromatic N) is 3. The van der Waals surface area contributed by atoms with Gasteiger partial charge < -0.3 is 11.1 Å². The molecule has 2 aromatic rings. The van der Waals surface area contributed by atoms with Gasteiger partial charge in [0.2, 0.25) is 5.91 Å². The van der Waals surface area contributed by atoms with Crippen LogP contribution in [0.2, 0.25) is 0 Å². The number of hydrogen-bond acceptors (Lipinski definition) is 4. The lowest BCUT2D eigenvalue weighted by Gasteiger charge is -2.09. The van der Waals surface area contributed by atoms with E-state index in [9.17, 15) is 4.79 Å². The summed E-state index contributed by atoms with van der Waals surface area (Å²) in [6, 6.07) is 5.68. The number of benzene rings is 1. The number of nitrogens with two attached hydrogens (primary N) is 1. The minimum atomic E-state index is -0.0717. The van der Waals surface area contributed by atoms with Gasteiger partial charge in [-0.2, -0.15) is 5.10 Å². The summed E-state index contributed by atoms with van der Waals surface area (Å²) < 4.78 is 1.62.